The summed E-state index contributed by atoms with van der Waals surface area (Å²) in [6.45, 7) is 10.3. The Morgan fingerprint density at radius 2 is 2.00 bits per heavy atom. The monoisotopic (exact) mass is 422 g/mol. The number of nitrogens with one attached hydrogen (secondary N) is 1. The summed E-state index contributed by atoms with van der Waals surface area (Å²) in [5.74, 6) is -0.356. The maximum atomic E-state index is 12.0. The smallest absolute Gasteiger partial charge is 0.407 e. The number of esters is 1. The number of carbonyl (C=O) groups excluding carboxylic acids is 2. The van der Waals surface area contributed by atoms with Gasteiger partial charge in [0.1, 0.15) is 11.3 Å². The third kappa shape index (κ3) is 5.51. The molecule has 0 spiro atoms. The van der Waals surface area contributed by atoms with Gasteiger partial charge >= 0.3 is 12.1 Å². The van der Waals surface area contributed by atoms with Crippen molar-refractivity contribution < 1.29 is 19.1 Å². The molecule has 1 aromatic rings. The molecule has 0 saturated heterocycles. The molecule has 124 valence electrons. The molecule has 7 heteroatoms. The topological polar surface area (TPSA) is 69.6 Å². The Morgan fingerprint density at radius 3 is 2.55 bits per heavy atom. The molecule has 0 aliphatic rings. The van der Waals surface area contributed by atoms with Crippen LogP contribution >= 0.6 is 22.6 Å². The largest absolute Gasteiger partial charge is 0.461 e. The number of alkyl carbamates (subject to hydrolysis) is 1. The molecule has 22 heavy (non-hydrogen) atoms. The number of nitrogens with zero attached hydrogens (tertiary/aromatic N) is 1. The number of carbonyl (C=O) groups is 2. The van der Waals surface area contributed by atoms with E-state index in [9.17, 15) is 9.59 Å². The highest BCUT2D eigenvalue weighted by atomic mass is 127. The highest BCUT2D eigenvalue weighted by molar-refractivity contribution is 14.1. The van der Waals surface area contributed by atoms with Crippen LogP contribution in [-0.2, 0) is 16.0 Å². The quantitative estimate of drug-likeness (QED) is 0.585. The van der Waals surface area contributed by atoms with E-state index in [1.54, 1.807) is 13.0 Å². The maximum Gasteiger partial charge on any atom is 0.407 e. The molecule has 1 N–H and O–H groups in total. The van der Waals surface area contributed by atoms with Gasteiger partial charge in [0.15, 0.2) is 0 Å². The van der Waals surface area contributed by atoms with Crippen LogP contribution in [-0.4, -0.2) is 35.4 Å². The fraction of sp³-hybridized carbons (Fsp3) is 0.600. The predicted molar refractivity (Wildman–Crippen MR) is 92.1 cm³/mol. The molecule has 0 aromatic carbocycles. The van der Waals surface area contributed by atoms with E-state index >= 15 is 0 Å². The molecule has 6 nitrogen and oxygen atoms in total. The van der Waals surface area contributed by atoms with Gasteiger partial charge in [-0.1, -0.05) is 0 Å². The van der Waals surface area contributed by atoms with Crippen molar-refractivity contribution in [3.05, 3.63) is 21.0 Å². The molecule has 0 unspecified atom stereocenters. The van der Waals surface area contributed by atoms with Crippen LogP contribution in [0.2, 0.25) is 0 Å². The Bertz CT molecular complexity index is 546. The molecule has 1 aromatic heterocycles. The highest BCUT2D eigenvalue weighted by Gasteiger charge is 2.19. The minimum atomic E-state index is -0.529. The van der Waals surface area contributed by atoms with Crippen LogP contribution in [0.5, 0.6) is 0 Å². The second-order valence-corrected chi connectivity index (χ2v) is 6.93. The van der Waals surface area contributed by atoms with Gasteiger partial charge in [-0.3, -0.25) is 0 Å². The summed E-state index contributed by atoms with van der Waals surface area (Å²) in [5, 5.41) is 2.69. The molecule has 0 aliphatic heterocycles. The second kappa shape index (κ2) is 7.85. The average molecular weight is 422 g/mol. The Hall–Kier alpha value is -1.25. The number of aromatic nitrogens is 1. The van der Waals surface area contributed by atoms with Crippen molar-refractivity contribution in [1.82, 2.24) is 9.88 Å². The van der Waals surface area contributed by atoms with Crippen LogP contribution in [0.25, 0.3) is 0 Å². The lowest BCUT2D eigenvalue weighted by atomic mass is 10.2. The van der Waals surface area contributed by atoms with Crippen molar-refractivity contribution in [3.8, 4) is 0 Å². The fourth-order valence-corrected chi connectivity index (χ4v) is 2.44. The van der Waals surface area contributed by atoms with E-state index in [-0.39, 0.29) is 5.97 Å². The molecular weight excluding hydrogens is 399 g/mol. The minimum absolute atomic E-state index is 0.329. The van der Waals surface area contributed by atoms with E-state index in [1.165, 1.54) is 0 Å². The first-order valence-corrected chi connectivity index (χ1v) is 8.23. The van der Waals surface area contributed by atoms with Crippen LogP contribution in [0.3, 0.4) is 0 Å². The van der Waals surface area contributed by atoms with Crippen molar-refractivity contribution in [2.45, 2.75) is 46.8 Å². The van der Waals surface area contributed by atoms with Crippen molar-refractivity contribution >= 4 is 34.7 Å². The van der Waals surface area contributed by atoms with Gasteiger partial charge < -0.3 is 19.4 Å². The third-order valence-corrected chi connectivity index (χ3v) is 3.88. The molecule has 0 aliphatic carbocycles. The standard InChI is InChI=1S/C15H23IN2O4/c1-6-21-13(19)12-9-11(16)10(2)18(12)8-7-17-14(20)22-15(3,4)5/h9H,6-8H2,1-5H3,(H,17,20). The van der Waals surface area contributed by atoms with Crippen LogP contribution in [0.15, 0.2) is 6.07 Å². The Balaban J connectivity index is 2.69. The van der Waals surface area contributed by atoms with Gasteiger partial charge in [-0.05, 0) is 63.3 Å². The molecule has 0 saturated carbocycles. The third-order valence-electron chi connectivity index (χ3n) is 2.79. The number of rotatable bonds is 5. The van der Waals surface area contributed by atoms with Gasteiger partial charge in [0.2, 0.25) is 0 Å². The molecule has 0 fully saturated rings. The normalized spacial score (nSPS) is 11.2. The van der Waals surface area contributed by atoms with E-state index < -0.39 is 11.7 Å². The summed E-state index contributed by atoms with van der Waals surface area (Å²) < 4.78 is 13.1. The van der Waals surface area contributed by atoms with E-state index in [1.807, 2.05) is 32.3 Å². The zero-order valence-electron chi connectivity index (χ0n) is 13.7. The molecule has 0 radical (unpaired) electrons. The molecule has 1 amide bonds. The number of halogens is 1. The van der Waals surface area contributed by atoms with Crippen molar-refractivity contribution in [1.29, 1.82) is 0 Å². The zero-order chi connectivity index (χ0) is 16.9. The summed E-state index contributed by atoms with van der Waals surface area (Å²) in [7, 11) is 0. The average Bonchev–Trinajstić information content (AvgIpc) is 2.65. The van der Waals surface area contributed by atoms with E-state index in [0.717, 1.165) is 9.26 Å². The van der Waals surface area contributed by atoms with Gasteiger partial charge in [-0.15, -0.1) is 0 Å². The lowest BCUT2D eigenvalue weighted by Gasteiger charge is -2.20. The number of ether oxygens (including phenoxy) is 2. The first-order chi connectivity index (χ1) is 10.2. The second-order valence-electron chi connectivity index (χ2n) is 5.76. The van der Waals surface area contributed by atoms with Crippen LogP contribution < -0.4 is 5.32 Å². The Kier molecular flexibility index (Phi) is 6.70. The summed E-state index contributed by atoms with van der Waals surface area (Å²) in [4.78, 5) is 23.6. The molecule has 1 heterocycles. The first-order valence-electron chi connectivity index (χ1n) is 7.15. The van der Waals surface area contributed by atoms with Crippen LogP contribution in [0.1, 0.15) is 43.9 Å². The van der Waals surface area contributed by atoms with E-state index in [0.29, 0.717) is 25.4 Å². The lowest BCUT2D eigenvalue weighted by Crippen LogP contribution is -2.34. The summed E-state index contributed by atoms with van der Waals surface area (Å²) in [6.07, 6.45) is -0.468. The SMILES string of the molecule is CCOC(=O)c1cc(I)c(C)n1CCNC(=O)OC(C)(C)C. The fourth-order valence-electron chi connectivity index (χ4n) is 1.86. The van der Waals surface area contributed by atoms with E-state index in [2.05, 4.69) is 27.9 Å². The number of hydrogen-bond acceptors (Lipinski definition) is 4. The molecule has 1 rings (SSSR count). The highest BCUT2D eigenvalue weighted by Crippen LogP contribution is 2.18. The lowest BCUT2D eigenvalue weighted by molar-refractivity contribution is 0.0513. The number of hydrogen-bond donors (Lipinski definition) is 1. The first kappa shape index (κ1) is 18.8. The van der Waals surface area contributed by atoms with Crippen molar-refractivity contribution in [2.24, 2.45) is 0 Å². The van der Waals surface area contributed by atoms with Gasteiger partial charge in [0, 0.05) is 22.4 Å². The number of amides is 1. The van der Waals surface area contributed by atoms with Gasteiger partial charge in [-0.25, -0.2) is 9.59 Å². The van der Waals surface area contributed by atoms with Gasteiger partial charge in [-0.2, -0.15) is 0 Å². The molecule has 0 atom stereocenters. The predicted octanol–water partition coefficient (Wildman–Crippen LogP) is 3.10. The Morgan fingerprint density at radius 1 is 1.36 bits per heavy atom. The molecular formula is C15H23IN2O4. The van der Waals surface area contributed by atoms with E-state index in [4.69, 9.17) is 9.47 Å². The minimum Gasteiger partial charge on any atom is -0.461 e. The summed E-state index contributed by atoms with van der Waals surface area (Å²) in [5.41, 5.74) is 0.934. The van der Waals surface area contributed by atoms with Crippen LogP contribution in [0, 0.1) is 10.5 Å². The molecule has 0 bridgehead atoms. The van der Waals surface area contributed by atoms with Crippen molar-refractivity contribution in [3.63, 3.8) is 0 Å². The Labute approximate surface area is 144 Å². The van der Waals surface area contributed by atoms with Gasteiger partial charge in [0.05, 0.1) is 6.61 Å². The maximum absolute atomic E-state index is 12.0. The summed E-state index contributed by atoms with van der Waals surface area (Å²) >= 11 is 2.17. The van der Waals surface area contributed by atoms with Gasteiger partial charge in [0.25, 0.3) is 0 Å². The zero-order valence-corrected chi connectivity index (χ0v) is 15.8. The van der Waals surface area contributed by atoms with Crippen molar-refractivity contribution in [2.75, 3.05) is 13.2 Å². The summed E-state index contributed by atoms with van der Waals surface area (Å²) in [6, 6.07) is 1.79. The van der Waals surface area contributed by atoms with Crippen LogP contribution in [0.4, 0.5) is 4.79 Å².